The Hall–Kier alpha value is -1.09. The zero-order chi connectivity index (χ0) is 34.1. The predicted octanol–water partition coefficient (Wildman–Crippen LogP) is 5.27. The molecule has 0 aromatic heterocycles. The summed E-state index contributed by atoms with van der Waals surface area (Å²) in [6.07, 6.45) is 0.205. The van der Waals surface area contributed by atoms with Crippen molar-refractivity contribution in [2.45, 2.75) is 120 Å². The number of aromatic hydroxyl groups is 2. The molecule has 44 heavy (non-hydrogen) atoms. The summed E-state index contributed by atoms with van der Waals surface area (Å²) in [6.45, 7) is 23.8. The standard InChI is InChI=1S/C23H35NO5Si.C3H10OSi.2C3H8O.Ti/c1-6-29-30(27,28)9-7-8-24(14-20-12-16(2)10-18(4)22(20)25)15-21-13-17(3)11-19(5)23(21)26;1-5(2,3)4;2*1-3(2)4;/h10-13,25-28H,6-9,14-15H2,1-5H3;4H,1-3H3;2*3-4H,1-2H3;. The van der Waals surface area contributed by atoms with E-state index in [0.717, 1.165) is 33.4 Å². The van der Waals surface area contributed by atoms with E-state index in [-0.39, 0.29) is 58.1 Å². The average Bonchev–Trinajstić information content (AvgIpc) is 2.78. The number of benzene rings is 2. The van der Waals surface area contributed by atoms with Crippen LogP contribution in [0.5, 0.6) is 11.5 Å². The van der Waals surface area contributed by atoms with Crippen LogP contribution in [0, 0.1) is 27.7 Å². The minimum absolute atomic E-state index is 0. The van der Waals surface area contributed by atoms with Crippen molar-refractivity contribution in [3.8, 4) is 11.5 Å². The molecule has 2 aromatic carbocycles. The van der Waals surface area contributed by atoms with Crippen molar-refractivity contribution >= 4 is 17.1 Å². The number of hydrogen-bond acceptors (Lipinski definition) is 9. The van der Waals surface area contributed by atoms with Crippen molar-refractivity contribution < 1.29 is 61.0 Å². The molecular weight excluding hydrogens is 630 g/mol. The minimum atomic E-state index is -3.64. The average molecular weight is 692 g/mol. The van der Waals surface area contributed by atoms with E-state index in [4.69, 9.17) is 19.4 Å². The van der Waals surface area contributed by atoms with Crippen LogP contribution in [0.3, 0.4) is 0 Å². The Morgan fingerprint density at radius 1 is 0.727 bits per heavy atom. The molecule has 254 valence electrons. The molecule has 0 saturated carbocycles. The molecule has 0 aliphatic heterocycles. The van der Waals surface area contributed by atoms with E-state index < -0.39 is 17.1 Å². The fourth-order valence-corrected chi connectivity index (χ4v) is 5.09. The molecule has 0 unspecified atom stereocenters. The second-order valence-electron chi connectivity index (χ2n) is 12.5. The maximum Gasteiger partial charge on any atom is 0.495 e. The largest absolute Gasteiger partial charge is 0.507 e. The summed E-state index contributed by atoms with van der Waals surface area (Å²) in [4.78, 5) is 30.8. The number of rotatable bonds is 10. The Kier molecular flexibility index (Phi) is 25.0. The molecule has 12 heteroatoms. The zero-order valence-electron chi connectivity index (χ0n) is 29.2. The van der Waals surface area contributed by atoms with Crippen molar-refractivity contribution in [3.05, 3.63) is 57.6 Å². The van der Waals surface area contributed by atoms with Crippen molar-refractivity contribution in [1.82, 2.24) is 4.90 Å². The maximum absolute atomic E-state index is 10.5. The number of aryl methyl sites for hydroxylation is 4. The molecule has 7 N–H and O–H groups in total. The van der Waals surface area contributed by atoms with E-state index in [1.807, 2.05) is 71.6 Å². The molecular formula is C32H61NO8Si2Ti. The van der Waals surface area contributed by atoms with Crippen molar-refractivity contribution in [3.63, 3.8) is 0 Å². The van der Waals surface area contributed by atoms with Crippen LogP contribution < -0.4 is 0 Å². The number of hydrogen-bond donors (Lipinski definition) is 7. The molecule has 0 aliphatic carbocycles. The van der Waals surface area contributed by atoms with E-state index in [0.29, 0.717) is 26.1 Å². The fourth-order valence-electron chi connectivity index (χ4n) is 3.87. The van der Waals surface area contributed by atoms with Gasteiger partial charge in [0.1, 0.15) is 11.5 Å². The Morgan fingerprint density at radius 2 is 1.05 bits per heavy atom. The molecule has 0 radical (unpaired) electrons. The van der Waals surface area contributed by atoms with Crippen LogP contribution >= 0.6 is 0 Å². The zero-order valence-corrected chi connectivity index (χ0v) is 32.8. The van der Waals surface area contributed by atoms with Gasteiger partial charge in [-0.15, -0.1) is 0 Å². The van der Waals surface area contributed by atoms with Gasteiger partial charge in [0.25, 0.3) is 0 Å². The molecule has 2 aromatic rings. The SMILES string of the molecule is CC(C)O.CC(C)O.CCO[Si](O)(O)CCCN(Cc1cc(C)cc(C)c1O)Cc1cc(C)cc(C)c1O.C[Si](C)(C)O.[Ti]. The monoisotopic (exact) mass is 691 g/mol. The summed E-state index contributed by atoms with van der Waals surface area (Å²) >= 11 is 0. The van der Waals surface area contributed by atoms with Crippen LogP contribution in [0.2, 0.25) is 25.7 Å². The number of aliphatic hydroxyl groups is 2. The van der Waals surface area contributed by atoms with E-state index in [1.165, 1.54) is 0 Å². The number of nitrogens with zero attached hydrogens (tertiary/aromatic N) is 1. The molecule has 0 aliphatic rings. The van der Waals surface area contributed by atoms with Crippen LogP contribution in [-0.4, -0.2) is 82.2 Å². The molecule has 9 nitrogen and oxygen atoms in total. The van der Waals surface area contributed by atoms with Crippen LogP contribution in [0.1, 0.15) is 74.4 Å². The van der Waals surface area contributed by atoms with Gasteiger partial charge in [-0.05, 0) is 106 Å². The smallest absolute Gasteiger partial charge is 0.495 e. The summed E-state index contributed by atoms with van der Waals surface area (Å²) in [5.74, 6) is 0.551. The van der Waals surface area contributed by atoms with Crippen molar-refractivity contribution in [2.24, 2.45) is 0 Å². The third-order valence-electron chi connectivity index (χ3n) is 5.19. The molecule has 0 fully saturated rings. The summed E-state index contributed by atoms with van der Waals surface area (Å²) in [6, 6.07) is 8.02. The molecule has 0 amide bonds. The topological polar surface area (TPSA) is 154 Å². The maximum atomic E-state index is 10.5. The van der Waals surface area contributed by atoms with Gasteiger partial charge < -0.3 is 39.2 Å². The van der Waals surface area contributed by atoms with Gasteiger partial charge in [-0.3, -0.25) is 4.90 Å². The molecule has 0 bridgehead atoms. The quantitative estimate of drug-likeness (QED) is 0.165. The summed E-state index contributed by atoms with van der Waals surface area (Å²) in [5, 5.41) is 37.2. The van der Waals surface area contributed by atoms with E-state index >= 15 is 0 Å². The Balaban J connectivity index is -0.00000101. The van der Waals surface area contributed by atoms with Gasteiger partial charge in [0.15, 0.2) is 8.32 Å². The van der Waals surface area contributed by atoms with E-state index in [9.17, 15) is 19.8 Å². The molecule has 0 spiro atoms. The van der Waals surface area contributed by atoms with E-state index in [1.54, 1.807) is 34.6 Å². The predicted molar refractivity (Wildman–Crippen MR) is 181 cm³/mol. The van der Waals surface area contributed by atoms with Crippen molar-refractivity contribution in [2.75, 3.05) is 13.2 Å². The van der Waals surface area contributed by atoms with Gasteiger partial charge in [-0.25, -0.2) is 0 Å². The number of phenolic OH excluding ortho intramolecular Hbond substituents is 2. The first kappa shape index (κ1) is 47.3. The second-order valence-corrected chi connectivity index (χ2v) is 19.1. The third-order valence-corrected chi connectivity index (χ3v) is 6.94. The van der Waals surface area contributed by atoms with Gasteiger partial charge in [0.2, 0.25) is 0 Å². The summed E-state index contributed by atoms with van der Waals surface area (Å²) in [5.41, 5.74) is 5.43. The summed E-state index contributed by atoms with van der Waals surface area (Å²) < 4.78 is 5.10. The van der Waals surface area contributed by atoms with Gasteiger partial charge in [-0.1, -0.05) is 35.4 Å². The number of aliphatic hydroxyl groups excluding tert-OH is 2. The van der Waals surface area contributed by atoms with E-state index in [2.05, 4.69) is 4.90 Å². The normalized spacial score (nSPS) is 11.2. The van der Waals surface area contributed by atoms with Gasteiger partial charge in [0.05, 0.1) is 0 Å². The first-order valence-corrected chi connectivity index (χ1v) is 20.4. The van der Waals surface area contributed by atoms with Crippen LogP contribution in [0.15, 0.2) is 24.3 Å². The third kappa shape index (κ3) is 26.2. The molecule has 2 rings (SSSR count). The van der Waals surface area contributed by atoms with Gasteiger partial charge in [0, 0.05) is 70.8 Å². The van der Waals surface area contributed by atoms with Crippen molar-refractivity contribution in [1.29, 1.82) is 0 Å². The fraction of sp³-hybridized carbons (Fsp3) is 0.625. The minimum Gasteiger partial charge on any atom is -0.507 e. The molecule has 0 saturated heterocycles. The van der Waals surface area contributed by atoms with Gasteiger partial charge >= 0.3 is 8.80 Å². The second kappa shape index (κ2) is 23.3. The van der Waals surface area contributed by atoms with Gasteiger partial charge in [-0.2, -0.15) is 0 Å². The Bertz CT molecular complexity index is 987. The summed E-state index contributed by atoms with van der Waals surface area (Å²) in [7, 11) is -5.25. The molecule has 0 atom stereocenters. The Morgan fingerprint density at radius 3 is 1.34 bits per heavy atom. The Labute approximate surface area is 283 Å². The van der Waals surface area contributed by atoms with Crippen LogP contribution in [0.4, 0.5) is 0 Å². The number of phenols is 2. The first-order valence-electron chi connectivity index (χ1n) is 15.0. The molecule has 0 heterocycles. The van der Waals surface area contributed by atoms with Crippen LogP contribution in [0.25, 0.3) is 0 Å². The van der Waals surface area contributed by atoms with Crippen LogP contribution in [-0.2, 0) is 39.2 Å². The first-order chi connectivity index (χ1) is 19.5.